The van der Waals surface area contributed by atoms with Crippen molar-refractivity contribution in [3.05, 3.63) is 24.3 Å². The molecule has 0 aromatic heterocycles. The third kappa shape index (κ3) is 30.3. The van der Waals surface area contributed by atoms with Crippen LogP contribution in [0.15, 0.2) is 24.3 Å². The average molecular weight is 824 g/mol. The van der Waals surface area contributed by atoms with Crippen molar-refractivity contribution in [2.75, 3.05) is 89.5 Å². The molecule has 0 fully saturated rings. The Balaban J connectivity index is -0.000000291. The minimum absolute atomic E-state index is 0.304. The fraction of sp³-hybridized carbons (Fsp3) is 0.812. The van der Waals surface area contributed by atoms with Gasteiger partial charge in [0.25, 0.3) is 0 Å². The molecule has 0 rings (SSSR count). The molecule has 14 nitrogen and oxygen atoms in total. The van der Waals surface area contributed by atoms with Gasteiger partial charge in [0.05, 0.1) is 13.2 Å². The summed E-state index contributed by atoms with van der Waals surface area (Å²) in [5.74, 6) is 0.195. The van der Waals surface area contributed by atoms with E-state index in [0.29, 0.717) is 30.9 Å². The molecule has 0 aliphatic carbocycles. The molecule has 0 bridgehead atoms. The zero-order chi connectivity index (χ0) is 40.6. The maximum Gasteiger partial charge on any atom is 0.500 e. The molecular weight excluding hydrogens is 751 g/mol. The second-order valence-electron chi connectivity index (χ2n) is 11.9. The van der Waals surface area contributed by atoms with Crippen LogP contribution in [0, 0.1) is 0 Å². The maximum atomic E-state index is 11.0. The number of hydrogen-bond acceptors (Lipinski definition) is 15. The zero-order valence-corrected chi connectivity index (χ0v) is 39.1. The molecule has 19 heteroatoms. The molecule has 0 saturated heterocycles. The van der Waals surface area contributed by atoms with Crippen LogP contribution in [0.2, 0.25) is 43.8 Å². The van der Waals surface area contributed by atoms with E-state index in [9.17, 15) is 9.59 Å². The summed E-state index contributed by atoms with van der Waals surface area (Å²) in [7, 11) is 6.62. The summed E-state index contributed by atoms with van der Waals surface area (Å²) in [6, 6.07) is 3.43. The van der Waals surface area contributed by atoms with Crippen LogP contribution in [-0.4, -0.2) is 136 Å². The topological polar surface area (TPSA) is 162 Å². The Labute approximate surface area is 319 Å². The Morgan fingerprint density at radius 3 is 1.18 bits per heavy atom. The van der Waals surface area contributed by atoms with Crippen molar-refractivity contribution in [1.29, 1.82) is 0 Å². The molecule has 0 radical (unpaired) electrons. The number of thiol groups is 1. The molecule has 306 valence electrons. The van der Waals surface area contributed by atoms with Gasteiger partial charge in [0.15, 0.2) is 8.32 Å². The van der Waals surface area contributed by atoms with Crippen molar-refractivity contribution in [2.24, 2.45) is 5.73 Å². The summed E-state index contributed by atoms with van der Waals surface area (Å²) in [6.07, 6.45) is 3.46. The van der Waals surface area contributed by atoms with Crippen LogP contribution in [0.5, 0.6) is 0 Å². The van der Waals surface area contributed by atoms with Crippen LogP contribution in [0.3, 0.4) is 0 Å². The summed E-state index contributed by atoms with van der Waals surface area (Å²) < 4.78 is 57.0. The second-order valence-corrected chi connectivity index (χ2v) is 26.5. The molecule has 0 aromatic carbocycles. The summed E-state index contributed by atoms with van der Waals surface area (Å²) in [6.45, 7) is 18.1. The SMILES string of the molecule is C=C(C)C(=O)OCCC[Si](C)(C)OC.C=C(C)C(=O)OCCC[Si](C)(OC)OC.CO[Si](CCCN)(OC)OC.CO[Si](CCCS)(OC)OC. The third-order valence-corrected chi connectivity index (χ3v) is 19.1. The van der Waals surface area contributed by atoms with E-state index in [0.717, 1.165) is 55.6 Å². The standard InChI is InChI=1S/C10H20O4Si.C10H20O3Si.C6H17NO3Si.C6H16O3SSi/c1-9(2)10(11)14-7-6-8-15(5,12-3)13-4;1-9(2)10(11)13-7-6-8-14(4,5)12-3;1-8-11(9-2,10-3)6-4-5-7;1-7-11(8-2,9-3)6-4-5-10/h1,6-8H2,2-5H3;1,6-8H2,2-5H3;4-7H2,1-3H3;10H,4-6H2,1-3H3. The van der Waals surface area contributed by atoms with Crippen LogP contribution < -0.4 is 5.73 Å². The lowest BCUT2D eigenvalue weighted by Crippen LogP contribution is -2.42. The van der Waals surface area contributed by atoms with Crippen LogP contribution in [-0.2, 0) is 58.9 Å². The molecule has 0 aliphatic heterocycles. The normalized spacial score (nSPS) is 11.5. The number of nitrogens with two attached hydrogens (primary N) is 1. The van der Waals surface area contributed by atoms with Crippen molar-refractivity contribution in [2.45, 2.75) is 83.3 Å². The van der Waals surface area contributed by atoms with E-state index in [1.54, 1.807) is 77.8 Å². The van der Waals surface area contributed by atoms with E-state index in [-0.39, 0.29) is 11.9 Å². The van der Waals surface area contributed by atoms with Crippen LogP contribution in [0.25, 0.3) is 0 Å². The van der Waals surface area contributed by atoms with E-state index in [1.165, 1.54) is 0 Å². The Kier molecular flexibility index (Phi) is 37.7. The monoisotopic (exact) mass is 823 g/mol. The highest BCUT2D eigenvalue weighted by Crippen LogP contribution is 2.16. The lowest BCUT2D eigenvalue weighted by Gasteiger charge is -2.23. The van der Waals surface area contributed by atoms with Gasteiger partial charge in [0.2, 0.25) is 0 Å². The first-order chi connectivity index (χ1) is 23.8. The first-order valence-corrected chi connectivity index (χ1v) is 26.9. The quantitative estimate of drug-likeness (QED) is 0.0385. The number of rotatable bonds is 25. The average Bonchev–Trinajstić information content (AvgIpc) is 3.14. The minimum atomic E-state index is -2.32. The third-order valence-electron chi connectivity index (χ3n) is 7.47. The molecule has 0 unspecified atom stereocenters. The fourth-order valence-electron chi connectivity index (χ4n) is 3.58. The lowest BCUT2D eigenvalue weighted by atomic mass is 10.4. The van der Waals surface area contributed by atoms with Gasteiger partial charge in [-0.25, -0.2) is 9.59 Å². The number of carbonyl (C=O) groups is 2. The number of esters is 2. The van der Waals surface area contributed by atoms with E-state index < -0.39 is 34.5 Å². The number of carbonyl (C=O) groups excluding carboxylic acids is 2. The van der Waals surface area contributed by atoms with Gasteiger partial charge in [0.1, 0.15) is 0 Å². The molecule has 0 spiro atoms. The summed E-state index contributed by atoms with van der Waals surface area (Å²) in [5, 5.41) is 0. The summed E-state index contributed by atoms with van der Waals surface area (Å²) >= 11 is 4.10. The summed E-state index contributed by atoms with van der Waals surface area (Å²) in [5.41, 5.74) is 6.23. The second kappa shape index (κ2) is 33.8. The minimum Gasteiger partial charge on any atom is -0.462 e. The molecule has 0 aromatic rings. The highest BCUT2D eigenvalue weighted by molar-refractivity contribution is 7.80. The first-order valence-electron chi connectivity index (χ1n) is 16.8. The van der Waals surface area contributed by atoms with Gasteiger partial charge in [-0.1, -0.05) is 13.2 Å². The smallest absolute Gasteiger partial charge is 0.462 e. The van der Waals surface area contributed by atoms with E-state index in [1.807, 2.05) is 6.55 Å². The predicted molar refractivity (Wildman–Crippen MR) is 216 cm³/mol. The Hall–Kier alpha value is -0.762. The van der Waals surface area contributed by atoms with Gasteiger partial charge in [-0.15, -0.1) is 0 Å². The van der Waals surface area contributed by atoms with Crippen LogP contribution in [0.4, 0.5) is 0 Å². The Morgan fingerprint density at radius 1 is 0.549 bits per heavy atom. The fourth-order valence-corrected chi connectivity index (χ4v) is 10.1. The van der Waals surface area contributed by atoms with Crippen LogP contribution in [0.1, 0.15) is 39.5 Å². The van der Waals surface area contributed by atoms with Crippen molar-refractivity contribution in [3.63, 3.8) is 0 Å². The van der Waals surface area contributed by atoms with Gasteiger partial charge >= 0.3 is 38.1 Å². The van der Waals surface area contributed by atoms with Gasteiger partial charge in [-0.3, -0.25) is 0 Å². The van der Waals surface area contributed by atoms with Gasteiger partial charge in [-0.05, 0) is 83.6 Å². The zero-order valence-electron chi connectivity index (χ0n) is 34.2. The number of hydrogen-bond donors (Lipinski definition) is 2. The van der Waals surface area contributed by atoms with E-state index in [4.69, 9.17) is 55.0 Å². The Bertz CT molecular complexity index is 868. The maximum absolute atomic E-state index is 11.0. The molecule has 0 aliphatic rings. The van der Waals surface area contributed by atoms with Crippen LogP contribution >= 0.6 is 12.6 Å². The van der Waals surface area contributed by atoms with Crippen molar-refractivity contribution >= 4 is 59.1 Å². The van der Waals surface area contributed by atoms with Gasteiger partial charge in [-0.2, -0.15) is 12.6 Å². The van der Waals surface area contributed by atoms with Crippen molar-refractivity contribution in [1.82, 2.24) is 0 Å². The molecule has 0 saturated carbocycles. The van der Waals surface area contributed by atoms with Gasteiger partial charge in [0, 0.05) is 87.2 Å². The van der Waals surface area contributed by atoms with Crippen molar-refractivity contribution in [3.8, 4) is 0 Å². The number of ether oxygens (including phenoxy) is 2. The van der Waals surface area contributed by atoms with E-state index >= 15 is 0 Å². The first kappa shape index (κ1) is 57.0. The van der Waals surface area contributed by atoms with Gasteiger partial charge < -0.3 is 55.0 Å². The Morgan fingerprint density at radius 2 is 0.902 bits per heavy atom. The molecule has 2 N–H and O–H groups in total. The molecule has 0 heterocycles. The molecule has 0 amide bonds. The molecule has 0 atom stereocenters. The van der Waals surface area contributed by atoms with E-state index in [2.05, 4.69) is 38.9 Å². The lowest BCUT2D eigenvalue weighted by molar-refractivity contribution is -0.139. The summed E-state index contributed by atoms with van der Waals surface area (Å²) in [4.78, 5) is 22.0. The highest BCUT2D eigenvalue weighted by Gasteiger charge is 2.37. The molecular formula is C32H73NO13SSi4. The molecule has 51 heavy (non-hydrogen) atoms. The van der Waals surface area contributed by atoms with Crippen molar-refractivity contribution < 1.29 is 58.9 Å². The highest BCUT2D eigenvalue weighted by atomic mass is 32.1. The largest absolute Gasteiger partial charge is 0.500 e. The predicted octanol–water partition coefficient (Wildman–Crippen LogP) is 5.61.